The summed E-state index contributed by atoms with van der Waals surface area (Å²) in [7, 11) is 0. The van der Waals surface area contributed by atoms with Gasteiger partial charge in [0.05, 0.1) is 17.7 Å². The summed E-state index contributed by atoms with van der Waals surface area (Å²) in [5, 5.41) is 17.5. The SMILES string of the molecule is O=C(O)C(OCCO)c1ccc(F)c(Br)c1. The van der Waals surface area contributed by atoms with Crippen LogP contribution in [0.25, 0.3) is 0 Å². The lowest BCUT2D eigenvalue weighted by atomic mass is 10.1. The summed E-state index contributed by atoms with van der Waals surface area (Å²) in [6, 6.07) is 3.82. The fourth-order valence-electron chi connectivity index (χ4n) is 1.16. The number of aliphatic carboxylic acids is 1. The Bertz CT molecular complexity index is 383. The minimum Gasteiger partial charge on any atom is -0.479 e. The zero-order valence-corrected chi connectivity index (χ0v) is 9.78. The number of aliphatic hydroxyl groups is 1. The molecule has 2 N–H and O–H groups in total. The van der Waals surface area contributed by atoms with E-state index >= 15 is 0 Å². The van der Waals surface area contributed by atoms with Gasteiger partial charge in [-0.2, -0.15) is 0 Å². The number of hydrogen-bond acceptors (Lipinski definition) is 3. The van der Waals surface area contributed by atoms with Crippen molar-refractivity contribution in [2.75, 3.05) is 13.2 Å². The van der Waals surface area contributed by atoms with Crippen LogP contribution in [0.5, 0.6) is 0 Å². The number of aliphatic hydroxyl groups excluding tert-OH is 1. The Labute approximate surface area is 99.8 Å². The van der Waals surface area contributed by atoms with E-state index in [1.807, 2.05) is 0 Å². The maximum Gasteiger partial charge on any atom is 0.337 e. The average Bonchev–Trinajstić information content (AvgIpc) is 2.23. The van der Waals surface area contributed by atoms with Gasteiger partial charge in [-0.25, -0.2) is 9.18 Å². The number of ether oxygens (including phenoxy) is 1. The van der Waals surface area contributed by atoms with Crippen molar-refractivity contribution >= 4 is 21.9 Å². The van der Waals surface area contributed by atoms with E-state index in [1.165, 1.54) is 12.1 Å². The Kier molecular flexibility index (Phi) is 4.85. The molecule has 1 aromatic rings. The number of rotatable bonds is 5. The molecule has 0 saturated carbocycles. The van der Waals surface area contributed by atoms with E-state index in [2.05, 4.69) is 15.9 Å². The molecule has 0 saturated heterocycles. The van der Waals surface area contributed by atoms with E-state index in [1.54, 1.807) is 0 Å². The molecule has 1 unspecified atom stereocenters. The number of benzene rings is 1. The zero-order valence-electron chi connectivity index (χ0n) is 8.19. The molecule has 6 heteroatoms. The van der Waals surface area contributed by atoms with Crippen LogP contribution in [0.2, 0.25) is 0 Å². The number of carboxylic acids is 1. The highest BCUT2D eigenvalue weighted by atomic mass is 79.9. The quantitative estimate of drug-likeness (QED) is 0.867. The van der Waals surface area contributed by atoms with Crippen LogP contribution in [-0.2, 0) is 9.53 Å². The van der Waals surface area contributed by atoms with E-state index < -0.39 is 17.9 Å². The first-order valence-corrected chi connectivity index (χ1v) is 5.25. The molecule has 16 heavy (non-hydrogen) atoms. The molecule has 0 aliphatic carbocycles. The number of carboxylic acid groups (broad SMARTS) is 1. The smallest absolute Gasteiger partial charge is 0.337 e. The predicted molar refractivity (Wildman–Crippen MR) is 57.5 cm³/mol. The fraction of sp³-hybridized carbons (Fsp3) is 0.300. The van der Waals surface area contributed by atoms with E-state index in [4.69, 9.17) is 14.9 Å². The van der Waals surface area contributed by atoms with Crippen molar-refractivity contribution in [2.45, 2.75) is 6.10 Å². The summed E-state index contributed by atoms with van der Waals surface area (Å²) >= 11 is 2.96. The second-order valence-electron chi connectivity index (χ2n) is 2.99. The average molecular weight is 293 g/mol. The van der Waals surface area contributed by atoms with Crippen LogP contribution in [-0.4, -0.2) is 29.4 Å². The molecule has 0 aromatic heterocycles. The second-order valence-corrected chi connectivity index (χ2v) is 3.84. The minimum atomic E-state index is -1.20. The molecule has 1 rings (SSSR count). The van der Waals surface area contributed by atoms with Gasteiger partial charge >= 0.3 is 5.97 Å². The summed E-state index contributed by atoms with van der Waals surface area (Å²) in [6.45, 7) is -0.363. The van der Waals surface area contributed by atoms with Gasteiger partial charge in [0, 0.05) is 0 Å². The Morgan fingerprint density at radius 2 is 2.25 bits per heavy atom. The molecule has 0 amide bonds. The third-order valence-corrected chi connectivity index (χ3v) is 2.45. The Morgan fingerprint density at radius 3 is 2.75 bits per heavy atom. The maximum atomic E-state index is 12.9. The molecule has 0 fully saturated rings. The van der Waals surface area contributed by atoms with E-state index in [-0.39, 0.29) is 17.7 Å². The largest absolute Gasteiger partial charge is 0.479 e. The molecule has 4 nitrogen and oxygen atoms in total. The summed E-state index contributed by atoms with van der Waals surface area (Å²) in [6.07, 6.45) is -1.20. The van der Waals surface area contributed by atoms with Gasteiger partial charge in [0.15, 0.2) is 6.10 Å². The molecule has 1 atom stereocenters. The van der Waals surface area contributed by atoms with Crippen LogP contribution in [0.1, 0.15) is 11.7 Å². The molecule has 0 aliphatic heterocycles. The Hall–Kier alpha value is -0.980. The molecule has 1 aromatic carbocycles. The first-order chi connectivity index (χ1) is 7.56. The first kappa shape index (κ1) is 13.1. The number of halogens is 2. The lowest BCUT2D eigenvalue weighted by Crippen LogP contribution is -2.17. The minimum absolute atomic E-state index is 0.0913. The van der Waals surface area contributed by atoms with Gasteiger partial charge in [-0.15, -0.1) is 0 Å². The maximum absolute atomic E-state index is 12.9. The van der Waals surface area contributed by atoms with Crippen molar-refractivity contribution in [2.24, 2.45) is 0 Å². The normalized spacial score (nSPS) is 12.4. The molecule has 0 spiro atoms. The highest BCUT2D eigenvalue weighted by Crippen LogP contribution is 2.23. The Balaban J connectivity index is 2.92. The van der Waals surface area contributed by atoms with Crippen LogP contribution in [0.15, 0.2) is 22.7 Å². The third-order valence-electron chi connectivity index (χ3n) is 1.85. The van der Waals surface area contributed by atoms with Crippen LogP contribution in [0.4, 0.5) is 4.39 Å². The molecule has 88 valence electrons. The van der Waals surface area contributed by atoms with Gasteiger partial charge in [-0.3, -0.25) is 0 Å². The van der Waals surface area contributed by atoms with E-state index in [0.717, 1.165) is 6.07 Å². The molecule has 0 aliphatic rings. The summed E-state index contributed by atoms with van der Waals surface area (Å²) < 4.78 is 18.1. The lowest BCUT2D eigenvalue weighted by Gasteiger charge is -2.13. The Morgan fingerprint density at radius 1 is 1.56 bits per heavy atom. The van der Waals surface area contributed by atoms with Gasteiger partial charge in [0.25, 0.3) is 0 Å². The molecular formula is C10H10BrFO4. The monoisotopic (exact) mass is 292 g/mol. The van der Waals surface area contributed by atoms with E-state index in [0.29, 0.717) is 5.56 Å². The number of hydrogen-bond donors (Lipinski definition) is 2. The van der Waals surface area contributed by atoms with Crippen molar-refractivity contribution in [3.8, 4) is 0 Å². The standard InChI is InChI=1S/C10H10BrFO4/c11-7-5-6(1-2-8(7)12)9(10(14)15)16-4-3-13/h1-2,5,9,13H,3-4H2,(H,14,15). The van der Waals surface area contributed by atoms with Crippen molar-refractivity contribution in [3.63, 3.8) is 0 Å². The third kappa shape index (κ3) is 3.26. The van der Waals surface area contributed by atoms with Gasteiger partial charge in [0.1, 0.15) is 5.82 Å². The first-order valence-electron chi connectivity index (χ1n) is 4.46. The van der Waals surface area contributed by atoms with Gasteiger partial charge < -0.3 is 14.9 Å². The van der Waals surface area contributed by atoms with Crippen molar-refractivity contribution in [1.29, 1.82) is 0 Å². The molecule has 0 bridgehead atoms. The molecule has 0 radical (unpaired) electrons. The molecule has 0 heterocycles. The van der Waals surface area contributed by atoms with Crippen LogP contribution in [0.3, 0.4) is 0 Å². The highest BCUT2D eigenvalue weighted by molar-refractivity contribution is 9.10. The van der Waals surface area contributed by atoms with Crippen molar-refractivity contribution in [3.05, 3.63) is 34.1 Å². The van der Waals surface area contributed by atoms with Gasteiger partial charge in [0.2, 0.25) is 0 Å². The lowest BCUT2D eigenvalue weighted by molar-refractivity contribution is -0.151. The topological polar surface area (TPSA) is 66.8 Å². The summed E-state index contributed by atoms with van der Waals surface area (Å²) in [5.74, 6) is -1.66. The number of carbonyl (C=O) groups is 1. The second kappa shape index (κ2) is 5.93. The fourth-order valence-corrected chi connectivity index (χ4v) is 1.55. The van der Waals surface area contributed by atoms with Crippen LogP contribution in [0, 0.1) is 5.82 Å². The molecular weight excluding hydrogens is 283 g/mol. The predicted octanol–water partition coefficient (Wildman–Crippen LogP) is 1.72. The van der Waals surface area contributed by atoms with E-state index in [9.17, 15) is 9.18 Å². The van der Waals surface area contributed by atoms with Gasteiger partial charge in [-0.1, -0.05) is 6.07 Å². The highest BCUT2D eigenvalue weighted by Gasteiger charge is 2.21. The van der Waals surface area contributed by atoms with Crippen molar-refractivity contribution < 1.29 is 24.1 Å². The van der Waals surface area contributed by atoms with Crippen LogP contribution < -0.4 is 0 Å². The van der Waals surface area contributed by atoms with Gasteiger partial charge in [-0.05, 0) is 33.6 Å². The van der Waals surface area contributed by atoms with Crippen molar-refractivity contribution in [1.82, 2.24) is 0 Å². The zero-order chi connectivity index (χ0) is 12.1. The van der Waals surface area contributed by atoms with Crippen LogP contribution >= 0.6 is 15.9 Å². The summed E-state index contributed by atoms with van der Waals surface area (Å²) in [5.41, 5.74) is 0.314. The summed E-state index contributed by atoms with van der Waals surface area (Å²) in [4.78, 5) is 10.9.